The molecule has 1 aliphatic rings. The maximum atomic E-state index is 14.0. The van der Waals surface area contributed by atoms with Gasteiger partial charge in [-0.25, -0.2) is 9.38 Å². The predicted octanol–water partition coefficient (Wildman–Crippen LogP) is 3.24. The Balaban J connectivity index is 2.12. The van der Waals surface area contributed by atoms with Crippen molar-refractivity contribution in [2.45, 2.75) is 32.6 Å². The van der Waals surface area contributed by atoms with E-state index in [4.69, 9.17) is 5.26 Å². The number of thioether (sulfide) groups is 1. The molecule has 0 spiro atoms. The summed E-state index contributed by atoms with van der Waals surface area (Å²) in [6, 6.07) is 6.49. The molecule has 0 aromatic heterocycles. The summed E-state index contributed by atoms with van der Waals surface area (Å²) in [5.41, 5.74) is 0.844. The van der Waals surface area contributed by atoms with E-state index in [1.165, 1.54) is 6.07 Å². The van der Waals surface area contributed by atoms with Crippen LogP contribution in [0.3, 0.4) is 0 Å². The molecule has 0 saturated carbocycles. The van der Waals surface area contributed by atoms with E-state index >= 15 is 0 Å². The van der Waals surface area contributed by atoms with Crippen LogP contribution >= 0.6 is 11.8 Å². The van der Waals surface area contributed by atoms with Crippen LogP contribution in [-0.2, 0) is 6.54 Å². The molecule has 1 fully saturated rings. The molecule has 4 nitrogen and oxygen atoms in total. The molecule has 24 heavy (non-hydrogen) atoms. The Hall–Kier alpha value is -1.74. The zero-order chi connectivity index (χ0) is 17.5. The Morgan fingerprint density at radius 3 is 2.96 bits per heavy atom. The summed E-state index contributed by atoms with van der Waals surface area (Å²) in [4.78, 5) is 6.89. The van der Waals surface area contributed by atoms with Crippen molar-refractivity contribution >= 4 is 17.7 Å². The third kappa shape index (κ3) is 4.88. The first-order valence-corrected chi connectivity index (χ1v) is 9.43. The molecule has 1 N–H and O–H groups in total. The molecule has 0 amide bonds. The van der Waals surface area contributed by atoms with Crippen LogP contribution < -0.4 is 5.32 Å². The predicted molar refractivity (Wildman–Crippen MR) is 98.6 cm³/mol. The fourth-order valence-corrected chi connectivity index (χ4v) is 3.90. The van der Waals surface area contributed by atoms with Crippen LogP contribution in [0.4, 0.5) is 4.39 Å². The van der Waals surface area contributed by atoms with Crippen molar-refractivity contribution in [3.05, 3.63) is 35.1 Å². The van der Waals surface area contributed by atoms with Gasteiger partial charge in [0.2, 0.25) is 0 Å². The van der Waals surface area contributed by atoms with Crippen molar-refractivity contribution < 1.29 is 4.39 Å². The van der Waals surface area contributed by atoms with E-state index in [9.17, 15) is 4.39 Å². The zero-order valence-electron chi connectivity index (χ0n) is 14.6. The average molecular weight is 348 g/mol. The number of rotatable bonds is 4. The molecule has 1 atom stereocenters. The van der Waals surface area contributed by atoms with Gasteiger partial charge in [-0.1, -0.05) is 19.9 Å². The molecule has 1 aliphatic heterocycles. The Morgan fingerprint density at radius 2 is 2.33 bits per heavy atom. The van der Waals surface area contributed by atoms with Gasteiger partial charge in [0.05, 0.1) is 18.2 Å². The molecule has 0 bridgehead atoms. The van der Waals surface area contributed by atoms with Crippen molar-refractivity contribution in [3.8, 4) is 6.07 Å². The largest absolute Gasteiger partial charge is 0.357 e. The van der Waals surface area contributed by atoms with Crippen LogP contribution in [-0.4, -0.2) is 41.5 Å². The average Bonchev–Trinajstić information content (AvgIpc) is 2.59. The summed E-state index contributed by atoms with van der Waals surface area (Å²) in [6.45, 7) is 9.51. The van der Waals surface area contributed by atoms with Gasteiger partial charge in [-0.15, -0.1) is 0 Å². The molecule has 1 aromatic rings. The van der Waals surface area contributed by atoms with Gasteiger partial charge in [-0.05, 0) is 25.0 Å². The summed E-state index contributed by atoms with van der Waals surface area (Å²) in [5.74, 6) is 2.17. The van der Waals surface area contributed by atoms with Gasteiger partial charge in [0.25, 0.3) is 0 Å². The highest BCUT2D eigenvalue weighted by atomic mass is 32.2. The molecule has 0 aliphatic carbocycles. The first-order chi connectivity index (χ1) is 11.5. The molecule has 0 radical (unpaired) electrons. The summed E-state index contributed by atoms with van der Waals surface area (Å²) >= 11 is 2.02. The van der Waals surface area contributed by atoms with E-state index in [2.05, 4.69) is 29.1 Å². The zero-order valence-corrected chi connectivity index (χ0v) is 15.4. The molecule has 130 valence electrons. The second-order valence-corrected chi connectivity index (χ2v) is 7.53. The van der Waals surface area contributed by atoms with Crippen molar-refractivity contribution in [2.75, 3.05) is 25.4 Å². The lowest BCUT2D eigenvalue weighted by Gasteiger charge is -2.36. The van der Waals surface area contributed by atoms with Crippen molar-refractivity contribution in [1.82, 2.24) is 10.2 Å². The molecule has 1 heterocycles. The highest BCUT2D eigenvalue weighted by Gasteiger charge is 2.24. The number of guanidine groups is 1. The quantitative estimate of drug-likeness (QED) is 0.670. The van der Waals surface area contributed by atoms with E-state index in [0.29, 0.717) is 22.3 Å². The highest BCUT2D eigenvalue weighted by molar-refractivity contribution is 8.00. The van der Waals surface area contributed by atoms with Gasteiger partial charge in [0.15, 0.2) is 5.96 Å². The van der Waals surface area contributed by atoms with E-state index in [-0.39, 0.29) is 12.4 Å². The lowest BCUT2D eigenvalue weighted by atomic mass is 10.1. The number of hydrogen-bond donors (Lipinski definition) is 1. The maximum absolute atomic E-state index is 14.0. The summed E-state index contributed by atoms with van der Waals surface area (Å²) < 4.78 is 14.0. The van der Waals surface area contributed by atoms with Crippen LogP contribution in [0.5, 0.6) is 0 Å². The molecule has 1 saturated heterocycles. The normalized spacial score (nSPS) is 18.6. The minimum absolute atomic E-state index is 0.274. The second kappa shape index (κ2) is 8.93. The van der Waals surface area contributed by atoms with E-state index in [1.807, 2.05) is 24.8 Å². The van der Waals surface area contributed by atoms with E-state index in [0.717, 1.165) is 31.3 Å². The Bertz CT molecular complexity index is 624. The van der Waals surface area contributed by atoms with E-state index in [1.54, 1.807) is 12.1 Å². The monoisotopic (exact) mass is 348 g/mol. The number of benzene rings is 1. The van der Waals surface area contributed by atoms with Gasteiger partial charge in [0, 0.05) is 36.2 Å². The molecule has 2 rings (SSSR count). The van der Waals surface area contributed by atoms with Gasteiger partial charge in [0.1, 0.15) is 5.82 Å². The molecule has 1 aromatic carbocycles. The summed E-state index contributed by atoms with van der Waals surface area (Å²) in [7, 11) is 0. The lowest BCUT2D eigenvalue weighted by molar-refractivity contribution is 0.380. The minimum Gasteiger partial charge on any atom is -0.357 e. The smallest absolute Gasteiger partial charge is 0.194 e. The fourth-order valence-electron chi connectivity index (χ4n) is 2.60. The van der Waals surface area contributed by atoms with Crippen molar-refractivity contribution in [1.29, 1.82) is 5.26 Å². The Labute approximate surface area is 148 Å². The van der Waals surface area contributed by atoms with Crippen LogP contribution in [0.25, 0.3) is 0 Å². The third-order valence-electron chi connectivity index (χ3n) is 4.05. The van der Waals surface area contributed by atoms with Crippen molar-refractivity contribution in [2.24, 2.45) is 10.9 Å². The second-order valence-electron chi connectivity index (χ2n) is 6.19. The van der Waals surface area contributed by atoms with Crippen LogP contribution in [0, 0.1) is 23.1 Å². The number of aliphatic imine (C=N–C) groups is 1. The van der Waals surface area contributed by atoms with Crippen LogP contribution in [0.15, 0.2) is 23.2 Å². The third-order valence-corrected chi connectivity index (χ3v) is 5.59. The highest BCUT2D eigenvalue weighted by Crippen LogP contribution is 2.25. The maximum Gasteiger partial charge on any atom is 0.194 e. The number of nitriles is 1. The first kappa shape index (κ1) is 18.6. The van der Waals surface area contributed by atoms with E-state index < -0.39 is 0 Å². The molecule has 1 unspecified atom stereocenters. The standard InChI is InChI=1S/C18H25FN4S/c1-4-21-18(23-7-8-24-17(12-23)13(2)3)22-11-15-6-5-14(10-20)9-16(15)19/h5-6,9,13,17H,4,7-8,11-12H2,1-3H3,(H,21,22). The SMILES string of the molecule is CCNC(=NCc1ccc(C#N)cc1F)N1CCSC(C(C)C)C1. The summed E-state index contributed by atoms with van der Waals surface area (Å²) in [5, 5.41) is 12.7. The molecular formula is C18H25FN4S. The van der Waals surface area contributed by atoms with Crippen molar-refractivity contribution in [3.63, 3.8) is 0 Å². The van der Waals surface area contributed by atoms with Crippen LogP contribution in [0.2, 0.25) is 0 Å². The van der Waals surface area contributed by atoms with Gasteiger partial charge in [-0.2, -0.15) is 17.0 Å². The Morgan fingerprint density at radius 1 is 1.54 bits per heavy atom. The molecule has 6 heteroatoms. The number of nitrogens with one attached hydrogen (secondary N) is 1. The van der Waals surface area contributed by atoms with Gasteiger partial charge >= 0.3 is 0 Å². The van der Waals surface area contributed by atoms with Gasteiger partial charge < -0.3 is 10.2 Å². The first-order valence-electron chi connectivity index (χ1n) is 8.38. The Kier molecular flexibility index (Phi) is 6.92. The fraction of sp³-hybridized carbons (Fsp3) is 0.556. The lowest BCUT2D eigenvalue weighted by Crippen LogP contribution is -2.49. The summed E-state index contributed by atoms with van der Waals surface area (Å²) in [6.07, 6.45) is 0. The van der Waals surface area contributed by atoms with Gasteiger partial charge in [-0.3, -0.25) is 0 Å². The molecular weight excluding hydrogens is 323 g/mol. The number of halogens is 1. The number of nitrogens with zero attached hydrogens (tertiary/aromatic N) is 3. The number of hydrogen-bond acceptors (Lipinski definition) is 3. The van der Waals surface area contributed by atoms with Crippen LogP contribution in [0.1, 0.15) is 31.9 Å². The minimum atomic E-state index is -0.372. The topological polar surface area (TPSA) is 51.4 Å².